The summed E-state index contributed by atoms with van der Waals surface area (Å²) in [4.78, 5) is 128. The van der Waals surface area contributed by atoms with Crippen LogP contribution in [-0.4, -0.2) is 172 Å². The summed E-state index contributed by atoms with van der Waals surface area (Å²) in [7, 11) is 14.8. The van der Waals surface area contributed by atoms with Crippen molar-refractivity contribution in [2.45, 2.75) is 142 Å². The molecule has 0 bridgehead atoms. The van der Waals surface area contributed by atoms with E-state index in [-0.39, 0.29) is 97.8 Å². The molecule has 0 aliphatic heterocycles. The van der Waals surface area contributed by atoms with Gasteiger partial charge in [-0.2, -0.15) is 10.5 Å². The summed E-state index contributed by atoms with van der Waals surface area (Å²) in [6.07, 6.45) is 5.96. The summed E-state index contributed by atoms with van der Waals surface area (Å²) < 4.78 is 29.2. The van der Waals surface area contributed by atoms with Crippen molar-refractivity contribution in [2.75, 3.05) is 83.3 Å². The Bertz CT molecular complexity index is 5110. The maximum atomic E-state index is 11.8. The molecule has 0 radical (unpaired) electrons. The number of hydrogen-bond acceptors (Lipinski definition) is 31. The molecule has 0 fully saturated rings. The lowest BCUT2D eigenvalue weighted by molar-refractivity contribution is 0.0511. The third-order valence-corrected chi connectivity index (χ3v) is 15.9. The molecule has 0 unspecified atom stereocenters. The SMILES string of the molecule is C.C.C.C.C.CN(Cc1cccc(C(=O)O)c1)c1cc(CNC(=O)OC(C)(C)C)ncn1.CNCc1cccc(C(=O)OC)c1.COC(=O)c1cccc(CN(C)c2cc(C#N)ncn2)c1.COC(=O)c1cccc(CN(C)c2cc(CN)ncn2)c1.COC(=O)c1cccc(CN(C)c2cc(CNC(=O)OC(C)(C)C)ncn2)c1.Cl.N#Cc1cc(Cl)ncn1. The fraction of sp³-hybridized carbons (Fsp3) is 0.337. The summed E-state index contributed by atoms with van der Waals surface area (Å²) in [5.41, 5.74) is 14.3. The number of amides is 2. The van der Waals surface area contributed by atoms with Crippen molar-refractivity contribution in [3.63, 3.8) is 0 Å². The van der Waals surface area contributed by atoms with Crippen LogP contribution >= 0.6 is 24.0 Å². The van der Waals surface area contributed by atoms with Crippen LogP contribution in [0.4, 0.5) is 32.9 Å². The first-order chi connectivity index (χ1) is 56.7. The fourth-order valence-electron chi connectivity index (χ4n) is 10.1. The number of esters is 4. The van der Waals surface area contributed by atoms with E-state index < -0.39 is 29.4 Å². The van der Waals surface area contributed by atoms with Crippen LogP contribution in [0.5, 0.6) is 0 Å². The zero-order valence-electron chi connectivity index (χ0n) is 69.3. The van der Waals surface area contributed by atoms with E-state index in [1.807, 2.05) is 134 Å². The van der Waals surface area contributed by atoms with Crippen LogP contribution in [0.2, 0.25) is 5.15 Å². The number of anilines is 4. The van der Waals surface area contributed by atoms with Crippen molar-refractivity contribution < 1.29 is 67.1 Å². The van der Waals surface area contributed by atoms with E-state index in [4.69, 9.17) is 56.6 Å². The van der Waals surface area contributed by atoms with Crippen molar-refractivity contribution in [1.29, 1.82) is 10.5 Å². The number of carbonyl (C=O) groups excluding carboxylic acids is 6. The third kappa shape index (κ3) is 41.9. The molecule has 0 aliphatic carbocycles. The van der Waals surface area contributed by atoms with E-state index in [1.54, 1.807) is 120 Å². The number of hydrogen-bond donors (Lipinski definition) is 5. The molecule has 36 heteroatoms. The largest absolute Gasteiger partial charge is 0.478 e. The molecule has 0 aliphatic rings. The van der Waals surface area contributed by atoms with E-state index in [0.717, 1.165) is 45.9 Å². The molecular formula is C89H118Cl2N20O14. The van der Waals surface area contributed by atoms with Gasteiger partial charge in [0, 0.05) is 97.8 Å². The highest BCUT2D eigenvalue weighted by Gasteiger charge is 2.20. The molecule has 2 amide bonds. The second-order valence-electron chi connectivity index (χ2n) is 27.5. The molecule has 0 saturated carbocycles. The number of benzene rings is 5. The lowest BCUT2D eigenvalue weighted by Crippen LogP contribution is -2.32. The number of carbonyl (C=O) groups is 7. The Morgan fingerprint density at radius 3 is 0.984 bits per heavy atom. The molecule has 672 valence electrons. The third-order valence-electron chi connectivity index (χ3n) is 15.7. The van der Waals surface area contributed by atoms with Gasteiger partial charge in [0.2, 0.25) is 0 Å². The van der Waals surface area contributed by atoms with Gasteiger partial charge in [0.25, 0.3) is 0 Å². The van der Waals surface area contributed by atoms with Crippen LogP contribution in [0.15, 0.2) is 183 Å². The molecule has 125 heavy (non-hydrogen) atoms. The summed E-state index contributed by atoms with van der Waals surface area (Å²) in [5, 5.41) is 34.8. The minimum Gasteiger partial charge on any atom is -0.478 e. The molecule has 10 aromatic rings. The Balaban J connectivity index is 0. The monoisotopic (exact) mass is 1760 g/mol. The zero-order valence-corrected chi connectivity index (χ0v) is 70.8. The van der Waals surface area contributed by atoms with Crippen LogP contribution < -0.4 is 41.3 Å². The number of aromatic carboxylic acids is 1. The number of aromatic nitrogens is 10. The molecule has 0 atom stereocenters. The second-order valence-corrected chi connectivity index (χ2v) is 27.8. The number of halogens is 2. The maximum absolute atomic E-state index is 11.8. The van der Waals surface area contributed by atoms with Gasteiger partial charge in [-0.25, -0.2) is 83.4 Å². The highest BCUT2D eigenvalue weighted by atomic mass is 35.5. The van der Waals surface area contributed by atoms with Gasteiger partial charge in [-0.05, 0) is 137 Å². The van der Waals surface area contributed by atoms with E-state index in [1.165, 1.54) is 66.1 Å². The average Bonchev–Trinajstić information content (AvgIpc) is 1.35. The highest BCUT2D eigenvalue weighted by molar-refractivity contribution is 6.29. The van der Waals surface area contributed by atoms with Gasteiger partial charge in [-0.1, -0.05) is 109 Å². The van der Waals surface area contributed by atoms with E-state index >= 15 is 0 Å². The van der Waals surface area contributed by atoms with Gasteiger partial charge in [0.05, 0.1) is 86.4 Å². The smallest absolute Gasteiger partial charge is 0.407 e. The van der Waals surface area contributed by atoms with Crippen LogP contribution in [0, 0.1) is 22.7 Å². The number of carboxylic acid groups (broad SMARTS) is 1. The number of nitrogens with one attached hydrogen (secondary N) is 3. The number of rotatable bonds is 24. The minimum atomic E-state index is -0.961. The fourth-order valence-corrected chi connectivity index (χ4v) is 10.3. The van der Waals surface area contributed by atoms with Crippen LogP contribution in [0.1, 0.15) is 187 Å². The Labute approximate surface area is 744 Å². The molecular weight excluding hydrogens is 1640 g/mol. The quantitative estimate of drug-likeness (QED) is 0.0213. The van der Waals surface area contributed by atoms with Gasteiger partial charge in [-0.15, -0.1) is 12.4 Å². The predicted molar refractivity (Wildman–Crippen MR) is 485 cm³/mol. The Kier molecular flexibility index (Phi) is 52.6. The van der Waals surface area contributed by atoms with Gasteiger partial charge in [-0.3, -0.25) is 0 Å². The first-order valence-electron chi connectivity index (χ1n) is 36.4. The second kappa shape index (κ2) is 58.1. The number of nitrogens with zero attached hydrogens (tertiary/aromatic N) is 16. The van der Waals surface area contributed by atoms with Crippen molar-refractivity contribution in [3.8, 4) is 12.1 Å². The van der Waals surface area contributed by atoms with Gasteiger partial charge in [0.15, 0.2) is 0 Å². The summed E-state index contributed by atoms with van der Waals surface area (Å²) >= 11 is 5.42. The lowest BCUT2D eigenvalue weighted by atomic mass is 10.1. The predicted octanol–water partition coefficient (Wildman–Crippen LogP) is 14.7. The molecule has 5 aromatic carbocycles. The van der Waals surface area contributed by atoms with Crippen molar-refractivity contribution in [1.82, 2.24) is 65.8 Å². The highest BCUT2D eigenvalue weighted by Crippen LogP contribution is 2.21. The van der Waals surface area contributed by atoms with Crippen molar-refractivity contribution in [2.24, 2.45) is 5.73 Å². The lowest BCUT2D eigenvalue weighted by Gasteiger charge is -2.20. The zero-order chi connectivity index (χ0) is 87.6. The van der Waals surface area contributed by atoms with Crippen molar-refractivity contribution in [3.05, 3.63) is 273 Å². The average molecular weight is 1760 g/mol. The molecule has 34 nitrogen and oxygen atoms in total. The molecule has 6 N–H and O–H groups in total. The van der Waals surface area contributed by atoms with Gasteiger partial charge < -0.3 is 74.8 Å². The van der Waals surface area contributed by atoms with Gasteiger partial charge >= 0.3 is 42.0 Å². The molecule has 0 spiro atoms. The van der Waals surface area contributed by atoms with E-state index in [9.17, 15) is 33.6 Å². The summed E-state index contributed by atoms with van der Waals surface area (Å²) in [5.74, 6) is 0.447. The van der Waals surface area contributed by atoms with Gasteiger partial charge in [0.1, 0.15) is 94.8 Å². The molecule has 5 heterocycles. The summed E-state index contributed by atoms with van der Waals surface area (Å²) in [6, 6.07) is 48.1. The standard InChI is InChI=1S/C20H26N4O4.C19H24N4O4.C15H18N4O2.C15H14N4O2.C10H13NO2.C5H2ClN3.5CH4.ClH/c1-20(2,3)28-19(26)21-11-16-10-17(23-13-22-16)24(4)12-14-7-6-8-15(9-14)18(25)27-5;1-19(2,3)27-18(26)20-10-15-9-16(22-12-21-15)23(4)11-13-6-5-7-14(8-13)17(24)25;2*1-19(14-7-13(8-16)17-10-18-14)9-11-4-3-5-12(6-11)15(20)21-2;1-11-7-8-4-3-5-9(6-8)10(12)13-2;6-5-1-4(2-7)8-3-9-5;;;;;;/h6-10,13H,11-12H2,1-5H3,(H,21,26);5-9,12H,10-11H2,1-4H3,(H,20,26)(H,24,25);3-7,10H,8-9,16H2,1-2H3;3-7,10H,9H2,1-2H3;3-6,11H,7H2,1-2H3;1,3H;5*1H4;1H. The molecule has 0 saturated heterocycles. The number of nitriles is 2. The summed E-state index contributed by atoms with van der Waals surface area (Å²) in [6.45, 7) is 14.6. The van der Waals surface area contributed by atoms with Crippen LogP contribution in [0.25, 0.3) is 0 Å². The number of carboxylic acids is 1. The van der Waals surface area contributed by atoms with E-state index in [0.29, 0.717) is 94.7 Å². The van der Waals surface area contributed by atoms with E-state index in [2.05, 4.69) is 70.5 Å². The Morgan fingerprint density at radius 1 is 0.408 bits per heavy atom. The maximum Gasteiger partial charge on any atom is 0.407 e. The first kappa shape index (κ1) is 113. The Morgan fingerprint density at radius 2 is 0.688 bits per heavy atom. The first-order valence-corrected chi connectivity index (χ1v) is 36.7. The van der Waals surface area contributed by atoms with Crippen molar-refractivity contribution >= 4 is 89.3 Å². The number of methoxy groups -OCH3 is 4. The molecule has 5 aromatic heterocycles. The molecule has 10 rings (SSSR count). The van der Waals surface area contributed by atoms with Crippen LogP contribution in [0.3, 0.4) is 0 Å². The topological polar surface area (TPSA) is 447 Å². The number of alkyl carbamates (subject to hydrolysis) is 2. The normalized spacial score (nSPS) is 9.78. The van der Waals surface area contributed by atoms with Crippen LogP contribution in [-0.2, 0) is 80.8 Å². The number of nitrogens with two attached hydrogens (primary N) is 1. The Hall–Kier alpha value is -13.9. The number of ether oxygens (including phenoxy) is 6. The minimum absolute atomic E-state index is 0.